The number of nitriles is 1. The van der Waals surface area contributed by atoms with Crippen molar-refractivity contribution in [1.82, 2.24) is 9.97 Å². The topological polar surface area (TPSA) is 56.1 Å². The molecule has 1 unspecified atom stereocenters. The van der Waals surface area contributed by atoms with E-state index in [1.165, 1.54) is 6.07 Å². The molecule has 1 saturated heterocycles. The van der Waals surface area contributed by atoms with Crippen molar-refractivity contribution in [2.75, 3.05) is 29.9 Å². The fraction of sp³-hybridized carbons (Fsp3) is 0.389. The quantitative estimate of drug-likeness (QED) is 0.838. The van der Waals surface area contributed by atoms with Gasteiger partial charge in [-0.2, -0.15) is 18.4 Å². The van der Waals surface area contributed by atoms with E-state index >= 15 is 0 Å². The van der Waals surface area contributed by atoms with Crippen LogP contribution in [0.1, 0.15) is 24.0 Å². The summed E-state index contributed by atoms with van der Waals surface area (Å²) in [5.41, 5.74) is -0.771. The Bertz CT molecular complexity index is 801. The highest BCUT2D eigenvalue weighted by Gasteiger charge is 2.35. The van der Waals surface area contributed by atoms with Crippen LogP contribution in [-0.2, 0) is 6.18 Å². The minimum absolute atomic E-state index is 0.0936. The molecule has 0 N–H and O–H groups in total. The molecule has 0 spiro atoms. The third kappa shape index (κ3) is 3.72. The maximum absolute atomic E-state index is 13.2. The summed E-state index contributed by atoms with van der Waals surface area (Å²) in [5, 5.41) is 8.94. The Balaban J connectivity index is 1.83. The van der Waals surface area contributed by atoms with Crippen LogP contribution in [0.4, 0.5) is 24.8 Å². The minimum atomic E-state index is -4.55. The molecule has 1 atom stereocenters. The van der Waals surface area contributed by atoms with E-state index in [9.17, 15) is 13.2 Å². The van der Waals surface area contributed by atoms with Crippen LogP contribution in [0.3, 0.4) is 0 Å². The van der Waals surface area contributed by atoms with Gasteiger partial charge >= 0.3 is 6.18 Å². The Morgan fingerprint density at radius 2 is 2.00 bits per heavy atom. The number of piperidine rings is 1. The molecule has 1 aromatic carbocycles. The third-order valence-corrected chi connectivity index (χ3v) is 4.61. The highest BCUT2D eigenvalue weighted by Crippen LogP contribution is 2.35. The number of hydrogen-bond acceptors (Lipinski definition) is 5. The van der Waals surface area contributed by atoms with Gasteiger partial charge in [-0.1, -0.05) is 0 Å². The van der Waals surface area contributed by atoms with Gasteiger partial charge in [0.15, 0.2) is 0 Å². The molecule has 136 valence electrons. The summed E-state index contributed by atoms with van der Waals surface area (Å²) in [6.45, 7) is 1.24. The largest absolute Gasteiger partial charge is 0.417 e. The molecule has 26 heavy (non-hydrogen) atoms. The second-order valence-electron chi connectivity index (χ2n) is 6.24. The lowest BCUT2D eigenvalue weighted by atomic mass is 10.0. The lowest BCUT2D eigenvalue weighted by Gasteiger charge is -2.39. The maximum Gasteiger partial charge on any atom is 0.417 e. The number of anilines is 2. The van der Waals surface area contributed by atoms with Gasteiger partial charge in [0.05, 0.1) is 17.2 Å². The first-order chi connectivity index (χ1) is 12.4. The van der Waals surface area contributed by atoms with Crippen molar-refractivity contribution in [2.45, 2.75) is 25.1 Å². The molecule has 1 aromatic heterocycles. The minimum Gasteiger partial charge on any atom is -0.369 e. The van der Waals surface area contributed by atoms with E-state index in [2.05, 4.69) is 9.97 Å². The van der Waals surface area contributed by atoms with Crippen LogP contribution in [-0.4, -0.2) is 36.1 Å². The van der Waals surface area contributed by atoms with Crippen LogP contribution in [0.2, 0.25) is 0 Å². The predicted octanol–water partition coefficient (Wildman–Crippen LogP) is 3.47. The fourth-order valence-electron chi connectivity index (χ4n) is 3.20. The number of likely N-dealkylation sites (N-methyl/N-ethyl adjacent to an activating group) is 1. The summed E-state index contributed by atoms with van der Waals surface area (Å²) in [6.07, 6.45) is 0.535. The first kappa shape index (κ1) is 18.0. The molecule has 1 aliphatic rings. The Kier molecular flexibility index (Phi) is 4.98. The lowest BCUT2D eigenvalue weighted by molar-refractivity contribution is -0.137. The van der Waals surface area contributed by atoms with Crippen molar-refractivity contribution in [2.24, 2.45) is 0 Å². The molecule has 1 fully saturated rings. The van der Waals surface area contributed by atoms with E-state index < -0.39 is 11.7 Å². The molecular weight excluding hydrogens is 343 g/mol. The second kappa shape index (κ2) is 7.20. The zero-order chi connectivity index (χ0) is 18.7. The van der Waals surface area contributed by atoms with E-state index in [1.807, 2.05) is 16.8 Å². The molecule has 0 aliphatic carbocycles. The maximum atomic E-state index is 13.2. The van der Waals surface area contributed by atoms with Crippen LogP contribution in [0.25, 0.3) is 0 Å². The van der Waals surface area contributed by atoms with Gasteiger partial charge in [-0.05, 0) is 37.1 Å². The van der Waals surface area contributed by atoms with Crippen LogP contribution >= 0.6 is 0 Å². The number of nitrogens with zero attached hydrogens (tertiary/aromatic N) is 5. The van der Waals surface area contributed by atoms with Gasteiger partial charge in [-0.25, -0.2) is 9.97 Å². The standard InChI is InChI=1S/C18H18F3N5/c1-25(17-23-7-3-8-24-17)15-4-2-9-26(12-15)14-6-5-13(11-22)16(10-14)18(19,20)21/h3,5-8,10,15H,2,4,9,12H2,1H3. The lowest BCUT2D eigenvalue weighted by Crippen LogP contribution is -2.47. The van der Waals surface area contributed by atoms with E-state index in [0.717, 1.165) is 18.9 Å². The fourth-order valence-corrected chi connectivity index (χ4v) is 3.20. The summed E-state index contributed by atoms with van der Waals surface area (Å²) in [5.74, 6) is 0.593. The molecule has 0 radical (unpaired) electrons. The van der Waals surface area contributed by atoms with Crippen molar-refractivity contribution in [3.8, 4) is 6.07 Å². The summed E-state index contributed by atoms with van der Waals surface area (Å²) in [7, 11) is 1.89. The van der Waals surface area contributed by atoms with Crippen LogP contribution in [0.15, 0.2) is 36.7 Å². The molecule has 1 aliphatic heterocycles. The van der Waals surface area contributed by atoms with E-state index in [0.29, 0.717) is 24.7 Å². The van der Waals surface area contributed by atoms with Crippen LogP contribution in [0, 0.1) is 11.3 Å². The van der Waals surface area contributed by atoms with Crippen molar-refractivity contribution >= 4 is 11.6 Å². The van der Waals surface area contributed by atoms with Crippen LogP contribution < -0.4 is 9.80 Å². The summed E-state index contributed by atoms with van der Waals surface area (Å²) >= 11 is 0. The molecule has 3 rings (SSSR count). The van der Waals surface area contributed by atoms with Gasteiger partial charge < -0.3 is 9.80 Å². The Morgan fingerprint density at radius 1 is 1.27 bits per heavy atom. The Morgan fingerprint density at radius 3 is 2.65 bits per heavy atom. The summed E-state index contributed by atoms with van der Waals surface area (Å²) in [4.78, 5) is 12.3. The van der Waals surface area contributed by atoms with E-state index in [1.54, 1.807) is 30.6 Å². The SMILES string of the molecule is CN(c1ncccn1)C1CCCN(c2ccc(C#N)c(C(F)(F)F)c2)C1. The highest BCUT2D eigenvalue weighted by atomic mass is 19.4. The van der Waals surface area contributed by atoms with Gasteiger partial charge in [0, 0.05) is 44.3 Å². The number of halogens is 3. The van der Waals surface area contributed by atoms with Crippen molar-refractivity contribution in [3.63, 3.8) is 0 Å². The number of hydrogen-bond donors (Lipinski definition) is 0. The molecule has 2 heterocycles. The van der Waals surface area contributed by atoms with Crippen molar-refractivity contribution in [3.05, 3.63) is 47.8 Å². The second-order valence-corrected chi connectivity index (χ2v) is 6.24. The molecule has 2 aromatic rings. The van der Waals surface area contributed by atoms with Crippen molar-refractivity contribution < 1.29 is 13.2 Å². The van der Waals surface area contributed by atoms with Crippen molar-refractivity contribution in [1.29, 1.82) is 5.26 Å². The van der Waals surface area contributed by atoms with Gasteiger partial charge in [0.2, 0.25) is 5.95 Å². The van der Waals surface area contributed by atoms with Crippen LogP contribution in [0.5, 0.6) is 0 Å². The zero-order valence-corrected chi connectivity index (χ0v) is 14.2. The Labute approximate surface area is 149 Å². The van der Waals surface area contributed by atoms with Gasteiger partial charge in [0.25, 0.3) is 0 Å². The monoisotopic (exact) mass is 361 g/mol. The van der Waals surface area contributed by atoms with Gasteiger partial charge in [-0.15, -0.1) is 0 Å². The molecule has 0 amide bonds. The number of benzene rings is 1. The zero-order valence-electron chi connectivity index (χ0n) is 14.2. The molecule has 0 bridgehead atoms. The molecular formula is C18H18F3N5. The molecule has 8 heteroatoms. The third-order valence-electron chi connectivity index (χ3n) is 4.61. The molecule has 5 nitrogen and oxygen atoms in total. The molecule has 0 saturated carbocycles. The first-order valence-electron chi connectivity index (χ1n) is 8.26. The van der Waals surface area contributed by atoms with Gasteiger partial charge in [-0.3, -0.25) is 0 Å². The number of aromatic nitrogens is 2. The average molecular weight is 361 g/mol. The highest BCUT2D eigenvalue weighted by molar-refractivity contribution is 5.55. The van der Waals surface area contributed by atoms with E-state index in [-0.39, 0.29) is 11.6 Å². The normalized spacial score (nSPS) is 17.7. The van der Waals surface area contributed by atoms with Gasteiger partial charge in [0.1, 0.15) is 0 Å². The first-order valence-corrected chi connectivity index (χ1v) is 8.26. The number of rotatable bonds is 3. The smallest absolute Gasteiger partial charge is 0.369 e. The number of alkyl halides is 3. The van der Waals surface area contributed by atoms with E-state index in [4.69, 9.17) is 5.26 Å². The summed E-state index contributed by atoms with van der Waals surface area (Å²) in [6, 6.07) is 7.34. The Hall–Kier alpha value is -2.82. The summed E-state index contributed by atoms with van der Waals surface area (Å²) < 4.78 is 39.6. The predicted molar refractivity (Wildman–Crippen MR) is 91.8 cm³/mol. The average Bonchev–Trinajstić information content (AvgIpc) is 2.67.